The van der Waals surface area contributed by atoms with E-state index in [1.54, 1.807) is 14.2 Å². The Morgan fingerprint density at radius 3 is 2.32 bits per heavy atom. The van der Waals surface area contributed by atoms with E-state index in [-0.39, 0.29) is 0 Å². The van der Waals surface area contributed by atoms with Crippen molar-refractivity contribution < 1.29 is 9.47 Å². The highest BCUT2D eigenvalue weighted by Crippen LogP contribution is 2.33. The minimum atomic E-state index is 0.366. The van der Waals surface area contributed by atoms with E-state index in [2.05, 4.69) is 38.2 Å². The molecular formula is C16H27NO2. The normalized spacial score (nSPS) is 13.9. The Morgan fingerprint density at radius 2 is 1.79 bits per heavy atom. The maximum absolute atomic E-state index is 5.39. The number of ether oxygens (including phenoxy) is 2. The van der Waals surface area contributed by atoms with Gasteiger partial charge >= 0.3 is 0 Å². The van der Waals surface area contributed by atoms with Crippen molar-refractivity contribution in [2.75, 3.05) is 20.8 Å². The van der Waals surface area contributed by atoms with Gasteiger partial charge in [0.2, 0.25) is 0 Å². The van der Waals surface area contributed by atoms with E-state index in [0.717, 1.165) is 18.0 Å². The first-order chi connectivity index (χ1) is 9.17. The number of methoxy groups -OCH3 is 2. The van der Waals surface area contributed by atoms with E-state index in [1.807, 2.05) is 6.07 Å². The summed E-state index contributed by atoms with van der Waals surface area (Å²) in [6.45, 7) is 7.64. The van der Waals surface area contributed by atoms with E-state index >= 15 is 0 Å². The zero-order valence-electron chi connectivity index (χ0n) is 12.8. The van der Waals surface area contributed by atoms with Crippen LogP contribution in [0, 0.1) is 5.92 Å². The molecule has 108 valence electrons. The van der Waals surface area contributed by atoms with Crippen LogP contribution < -0.4 is 14.8 Å². The Labute approximate surface area is 117 Å². The van der Waals surface area contributed by atoms with E-state index < -0.39 is 0 Å². The molecule has 0 aliphatic heterocycles. The second-order valence-corrected chi connectivity index (χ2v) is 4.92. The second-order valence-electron chi connectivity index (χ2n) is 4.92. The summed E-state index contributed by atoms with van der Waals surface area (Å²) in [4.78, 5) is 0. The van der Waals surface area contributed by atoms with Crippen molar-refractivity contribution >= 4 is 0 Å². The molecule has 0 aliphatic rings. The quantitative estimate of drug-likeness (QED) is 0.775. The monoisotopic (exact) mass is 265 g/mol. The summed E-state index contributed by atoms with van der Waals surface area (Å²) in [7, 11) is 3.35. The molecule has 1 rings (SSSR count). The Bertz CT molecular complexity index is 379. The van der Waals surface area contributed by atoms with Gasteiger partial charge in [-0.15, -0.1) is 0 Å². The molecule has 2 unspecified atom stereocenters. The molecule has 0 aromatic heterocycles. The van der Waals surface area contributed by atoms with Gasteiger partial charge in [0.15, 0.2) is 11.5 Å². The summed E-state index contributed by atoms with van der Waals surface area (Å²) in [5.74, 6) is 2.18. The summed E-state index contributed by atoms with van der Waals surface area (Å²) in [6, 6.07) is 6.56. The Hall–Kier alpha value is -1.22. The van der Waals surface area contributed by atoms with Gasteiger partial charge in [0.05, 0.1) is 14.2 Å². The van der Waals surface area contributed by atoms with Crippen molar-refractivity contribution in [3.8, 4) is 11.5 Å². The fraction of sp³-hybridized carbons (Fsp3) is 0.625. The van der Waals surface area contributed by atoms with Gasteiger partial charge in [0.25, 0.3) is 0 Å². The van der Waals surface area contributed by atoms with Crippen molar-refractivity contribution in [2.24, 2.45) is 5.92 Å². The number of benzene rings is 1. The van der Waals surface area contributed by atoms with Crippen molar-refractivity contribution in [1.82, 2.24) is 5.32 Å². The summed E-state index contributed by atoms with van der Waals surface area (Å²) < 4.78 is 10.7. The lowest BCUT2D eigenvalue weighted by Gasteiger charge is -2.25. The van der Waals surface area contributed by atoms with Crippen LogP contribution in [0.3, 0.4) is 0 Å². The first kappa shape index (κ1) is 15.8. The van der Waals surface area contributed by atoms with Gasteiger partial charge < -0.3 is 14.8 Å². The average Bonchev–Trinajstić information content (AvgIpc) is 2.44. The van der Waals surface area contributed by atoms with Crippen LogP contribution in [0.4, 0.5) is 0 Å². The van der Waals surface area contributed by atoms with Crippen LogP contribution in [-0.4, -0.2) is 20.8 Å². The Kier molecular flexibility index (Phi) is 6.71. The average molecular weight is 265 g/mol. The molecule has 1 N–H and O–H groups in total. The molecule has 0 heterocycles. The van der Waals surface area contributed by atoms with Crippen LogP contribution in [0.25, 0.3) is 0 Å². The summed E-state index contributed by atoms with van der Waals surface area (Å²) in [5.41, 5.74) is 1.26. The number of rotatable bonds is 8. The zero-order chi connectivity index (χ0) is 14.3. The molecule has 0 spiro atoms. The van der Waals surface area contributed by atoms with E-state index in [4.69, 9.17) is 9.47 Å². The predicted octanol–water partition coefficient (Wildman–Crippen LogP) is 3.79. The van der Waals surface area contributed by atoms with Crippen molar-refractivity contribution in [2.45, 2.75) is 39.7 Å². The lowest BCUT2D eigenvalue weighted by Crippen LogP contribution is -2.26. The maximum atomic E-state index is 5.39. The first-order valence-electron chi connectivity index (χ1n) is 7.13. The van der Waals surface area contributed by atoms with Crippen molar-refractivity contribution in [3.05, 3.63) is 23.8 Å². The van der Waals surface area contributed by atoms with Crippen LogP contribution >= 0.6 is 0 Å². The standard InChI is InChI=1S/C16H27NO2/c1-6-8-12(3)16(17-7-2)13-9-10-14(18-4)15(11-13)19-5/h9-12,16-17H,6-8H2,1-5H3. The third-order valence-electron chi connectivity index (χ3n) is 3.50. The minimum Gasteiger partial charge on any atom is -0.493 e. The number of hydrogen-bond acceptors (Lipinski definition) is 3. The fourth-order valence-electron chi connectivity index (χ4n) is 2.54. The lowest BCUT2D eigenvalue weighted by atomic mass is 9.90. The summed E-state index contributed by atoms with van der Waals surface area (Å²) >= 11 is 0. The molecule has 0 saturated heterocycles. The van der Waals surface area contributed by atoms with Gasteiger partial charge in [-0.3, -0.25) is 0 Å². The van der Waals surface area contributed by atoms with Crippen LogP contribution in [0.2, 0.25) is 0 Å². The van der Waals surface area contributed by atoms with E-state index in [0.29, 0.717) is 12.0 Å². The molecule has 1 aromatic rings. The molecule has 0 amide bonds. The highest BCUT2D eigenvalue weighted by molar-refractivity contribution is 5.43. The molecular weight excluding hydrogens is 238 g/mol. The number of nitrogens with one attached hydrogen (secondary N) is 1. The molecule has 3 nitrogen and oxygen atoms in total. The topological polar surface area (TPSA) is 30.5 Å². The van der Waals surface area contributed by atoms with Crippen molar-refractivity contribution in [3.63, 3.8) is 0 Å². The van der Waals surface area contributed by atoms with Crippen LogP contribution in [-0.2, 0) is 0 Å². The molecule has 0 bridgehead atoms. The second kappa shape index (κ2) is 8.05. The first-order valence-corrected chi connectivity index (χ1v) is 7.13. The van der Waals surface area contributed by atoms with Gasteiger partial charge in [0, 0.05) is 6.04 Å². The van der Waals surface area contributed by atoms with Crippen molar-refractivity contribution in [1.29, 1.82) is 0 Å². The van der Waals surface area contributed by atoms with Gasteiger partial charge in [-0.05, 0) is 36.6 Å². The molecule has 0 radical (unpaired) electrons. The molecule has 2 atom stereocenters. The molecule has 19 heavy (non-hydrogen) atoms. The van der Waals surface area contributed by atoms with E-state index in [9.17, 15) is 0 Å². The van der Waals surface area contributed by atoms with Crippen LogP contribution in [0.5, 0.6) is 11.5 Å². The molecule has 3 heteroatoms. The molecule has 0 saturated carbocycles. The summed E-state index contributed by atoms with van der Waals surface area (Å²) in [6.07, 6.45) is 2.42. The Morgan fingerprint density at radius 1 is 1.11 bits per heavy atom. The van der Waals surface area contributed by atoms with Gasteiger partial charge in [0.1, 0.15) is 0 Å². The maximum Gasteiger partial charge on any atom is 0.161 e. The minimum absolute atomic E-state index is 0.366. The lowest BCUT2D eigenvalue weighted by molar-refractivity contribution is 0.347. The molecule has 1 aromatic carbocycles. The molecule has 0 aliphatic carbocycles. The Balaban J connectivity index is 3.01. The molecule has 0 fully saturated rings. The largest absolute Gasteiger partial charge is 0.493 e. The van der Waals surface area contributed by atoms with Crippen LogP contribution in [0.15, 0.2) is 18.2 Å². The van der Waals surface area contributed by atoms with Crippen LogP contribution in [0.1, 0.15) is 45.2 Å². The predicted molar refractivity (Wildman–Crippen MR) is 80.0 cm³/mol. The van der Waals surface area contributed by atoms with Gasteiger partial charge in [-0.1, -0.05) is 33.3 Å². The SMILES string of the molecule is CCCC(C)C(NCC)c1ccc(OC)c(OC)c1. The fourth-order valence-corrected chi connectivity index (χ4v) is 2.54. The van der Waals surface area contributed by atoms with E-state index in [1.165, 1.54) is 18.4 Å². The summed E-state index contributed by atoms with van der Waals surface area (Å²) in [5, 5.41) is 3.58. The highest BCUT2D eigenvalue weighted by atomic mass is 16.5. The smallest absolute Gasteiger partial charge is 0.161 e. The third kappa shape index (κ3) is 4.13. The van der Waals surface area contributed by atoms with Gasteiger partial charge in [-0.25, -0.2) is 0 Å². The zero-order valence-corrected chi connectivity index (χ0v) is 12.8. The highest BCUT2D eigenvalue weighted by Gasteiger charge is 2.19. The number of hydrogen-bond donors (Lipinski definition) is 1. The third-order valence-corrected chi connectivity index (χ3v) is 3.50. The van der Waals surface area contributed by atoms with Gasteiger partial charge in [-0.2, -0.15) is 0 Å².